The van der Waals surface area contributed by atoms with Crippen LogP contribution in [-0.4, -0.2) is 24.2 Å². The van der Waals surface area contributed by atoms with Crippen molar-refractivity contribution in [1.29, 1.82) is 0 Å². The first kappa shape index (κ1) is 19.0. The van der Waals surface area contributed by atoms with Crippen molar-refractivity contribution >= 4 is 28.5 Å². The molecule has 4 rings (SSSR count). The van der Waals surface area contributed by atoms with E-state index in [0.29, 0.717) is 16.3 Å². The first-order valence-corrected chi connectivity index (χ1v) is 9.59. The van der Waals surface area contributed by atoms with Gasteiger partial charge in [-0.1, -0.05) is 60.1 Å². The summed E-state index contributed by atoms with van der Waals surface area (Å²) in [6.45, 7) is 0.390. The van der Waals surface area contributed by atoms with Crippen LogP contribution in [0.2, 0.25) is 5.02 Å². The molecule has 4 nitrogen and oxygen atoms in total. The second kappa shape index (κ2) is 8.76. The van der Waals surface area contributed by atoms with Gasteiger partial charge in [0.1, 0.15) is 19.0 Å². The molecule has 0 aliphatic carbocycles. The van der Waals surface area contributed by atoms with Crippen molar-refractivity contribution < 1.29 is 14.3 Å². The molecule has 5 heteroatoms. The minimum absolute atomic E-state index is 0.138. The van der Waals surface area contributed by atoms with Gasteiger partial charge in [0.05, 0.1) is 16.8 Å². The fourth-order valence-corrected chi connectivity index (χ4v) is 3.13. The van der Waals surface area contributed by atoms with Crippen LogP contribution in [0.3, 0.4) is 0 Å². The van der Waals surface area contributed by atoms with Crippen LogP contribution in [0.4, 0.5) is 0 Å². The quantitative estimate of drug-likeness (QED) is 0.302. The van der Waals surface area contributed by atoms with Gasteiger partial charge < -0.3 is 9.47 Å². The van der Waals surface area contributed by atoms with Gasteiger partial charge >= 0.3 is 5.97 Å². The number of esters is 1. The topological polar surface area (TPSA) is 48.4 Å². The van der Waals surface area contributed by atoms with Crippen LogP contribution in [0.25, 0.3) is 22.2 Å². The van der Waals surface area contributed by atoms with Crippen LogP contribution < -0.4 is 4.74 Å². The zero-order valence-electron chi connectivity index (χ0n) is 15.5. The number of para-hydroxylation sites is 1. The Morgan fingerprint density at radius 1 is 0.862 bits per heavy atom. The molecule has 1 heterocycles. The summed E-state index contributed by atoms with van der Waals surface area (Å²) < 4.78 is 11.0. The standard InChI is InChI=1S/C24H18ClNO3/c25-18-10-12-19(13-11-18)28-14-15-29-24(27)21-16-23(17-6-2-1-3-7-17)26-22-9-5-4-8-20(21)22/h1-13,16H,14-15H2. The molecule has 0 spiro atoms. The Hall–Kier alpha value is -3.37. The number of carbonyl (C=O) groups excluding carboxylic acids is 1. The zero-order valence-corrected chi connectivity index (χ0v) is 16.3. The van der Waals surface area contributed by atoms with Gasteiger partial charge in [-0.2, -0.15) is 0 Å². The predicted molar refractivity (Wildman–Crippen MR) is 114 cm³/mol. The van der Waals surface area contributed by atoms with Crippen LogP contribution in [0, 0.1) is 0 Å². The Kier molecular flexibility index (Phi) is 5.73. The lowest BCUT2D eigenvalue weighted by atomic mass is 10.0. The molecule has 4 aromatic rings. The minimum Gasteiger partial charge on any atom is -0.490 e. The number of benzene rings is 3. The highest BCUT2D eigenvalue weighted by atomic mass is 35.5. The van der Waals surface area contributed by atoms with E-state index in [-0.39, 0.29) is 13.2 Å². The number of hydrogen-bond donors (Lipinski definition) is 0. The number of pyridine rings is 1. The van der Waals surface area contributed by atoms with Gasteiger partial charge in [0.25, 0.3) is 0 Å². The smallest absolute Gasteiger partial charge is 0.339 e. The SMILES string of the molecule is O=C(OCCOc1ccc(Cl)cc1)c1cc(-c2ccccc2)nc2ccccc12. The van der Waals surface area contributed by atoms with Gasteiger partial charge in [0.2, 0.25) is 0 Å². The van der Waals surface area contributed by atoms with Gasteiger partial charge in [0.15, 0.2) is 0 Å². The zero-order chi connectivity index (χ0) is 20.1. The highest BCUT2D eigenvalue weighted by Crippen LogP contribution is 2.25. The average Bonchev–Trinajstić information content (AvgIpc) is 2.77. The third kappa shape index (κ3) is 4.55. The lowest BCUT2D eigenvalue weighted by Crippen LogP contribution is -2.13. The number of ether oxygens (including phenoxy) is 2. The molecule has 0 atom stereocenters. The molecule has 1 aromatic heterocycles. The van der Waals surface area contributed by atoms with Crippen molar-refractivity contribution in [3.8, 4) is 17.0 Å². The number of halogens is 1. The average molecular weight is 404 g/mol. The van der Waals surface area contributed by atoms with E-state index in [2.05, 4.69) is 4.98 Å². The Morgan fingerprint density at radius 3 is 2.38 bits per heavy atom. The molecule has 0 bridgehead atoms. The predicted octanol–water partition coefficient (Wildman–Crippen LogP) is 5.79. The molecule has 0 aliphatic heterocycles. The first-order valence-electron chi connectivity index (χ1n) is 9.21. The molecule has 0 aliphatic rings. The second-order valence-corrected chi connectivity index (χ2v) is 6.81. The monoisotopic (exact) mass is 403 g/mol. The molecule has 0 N–H and O–H groups in total. The van der Waals surface area contributed by atoms with Gasteiger partial charge in [-0.25, -0.2) is 9.78 Å². The third-order valence-electron chi connectivity index (χ3n) is 4.40. The highest BCUT2D eigenvalue weighted by Gasteiger charge is 2.15. The molecule has 0 radical (unpaired) electrons. The summed E-state index contributed by atoms with van der Waals surface area (Å²) in [4.78, 5) is 17.5. The molecule has 0 unspecified atom stereocenters. The van der Waals surface area contributed by atoms with E-state index in [1.165, 1.54) is 0 Å². The molecule has 29 heavy (non-hydrogen) atoms. The minimum atomic E-state index is -0.402. The number of aromatic nitrogens is 1. The third-order valence-corrected chi connectivity index (χ3v) is 4.66. The maximum atomic E-state index is 12.8. The number of hydrogen-bond acceptors (Lipinski definition) is 4. The van der Waals surface area contributed by atoms with E-state index in [1.54, 1.807) is 30.3 Å². The van der Waals surface area contributed by atoms with Crippen molar-refractivity contribution in [2.75, 3.05) is 13.2 Å². The lowest BCUT2D eigenvalue weighted by Gasteiger charge is -2.11. The van der Waals surface area contributed by atoms with E-state index >= 15 is 0 Å². The van der Waals surface area contributed by atoms with E-state index in [9.17, 15) is 4.79 Å². The maximum absolute atomic E-state index is 12.8. The molecular formula is C24H18ClNO3. The van der Waals surface area contributed by atoms with Crippen molar-refractivity contribution in [3.05, 3.63) is 95.5 Å². The summed E-state index contributed by atoms with van der Waals surface area (Å²) in [6, 6.07) is 26.1. The molecule has 0 saturated carbocycles. The largest absolute Gasteiger partial charge is 0.490 e. The lowest BCUT2D eigenvalue weighted by molar-refractivity contribution is 0.0452. The Morgan fingerprint density at radius 2 is 1.59 bits per heavy atom. The van der Waals surface area contributed by atoms with Crippen LogP contribution >= 0.6 is 11.6 Å². The summed E-state index contributed by atoms with van der Waals surface area (Å²) >= 11 is 5.86. The summed E-state index contributed by atoms with van der Waals surface area (Å²) in [5, 5.41) is 1.40. The molecule has 3 aromatic carbocycles. The van der Waals surface area contributed by atoms with E-state index in [0.717, 1.165) is 22.2 Å². The van der Waals surface area contributed by atoms with E-state index < -0.39 is 5.97 Å². The Labute approximate surface area is 173 Å². The number of carbonyl (C=O) groups is 1. The molecule has 0 fully saturated rings. The van der Waals surface area contributed by atoms with Crippen molar-refractivity contribution in [3.63, 3.8) is 0 Å². The van der Waals surface area contributed by atoms with E-state index in [4.69, 9.17) is 21.1 Å². The van der Waals surface area contributed by atoms with Gasteiger partial charge in [-0.15, -0.1) is 0 Å². The summed E-state index contributed by atoms with van der Waals surface area (Å²) in [7, 11) is 0. The maximum Gasteiger partial charge on any atom is 0.339 e. The second-order valence-electron chi connectivity index (χ2n) is 6.38. The van der Waals surface area contributed by atoms with Crippen molar-refractivity contribution in [1.82, 2.24) is 4.98 Å². The fourth-order valence-electron chi connectivity index (χ4n) is 3.00. The number of rotatable bonds is 6. The first-order chi connectivity index (χ1) is 14.2. The highest BCUT2D eigenvalue weighted by molar-refractivity contribution is 6.30. The van der Waals surface area contributed by atoms with Crippen molar-refractivity contribution in [2.24, 2.45) is 0 Å². The summed E-state index contributed by atoms with van der Waals surface area (Å²) in [5.41, 5.74) is 2.91. The van der Waals surface area contributed by atoms with Gasteiger partial charge in [-0.05, 0) is 36.4 Å². The molecule has 0 saturated heterocycles. The number of fused-ring (bicyclic) bond motifs is 1. The fraction of sp³-hybridized carbons (Fsp3) is 0.0833. The molecule has 144 valence electrons. The normalized spacial score (nSPS) is 10.7. The molecule has 0 amide bonds. The van der Waals surface area contributed by atoms with Crippen molar-refractivity contribution in [2.45, 2.75) is 0 Å². The van der Waals surface area contributed by atoms with Gasteiger partial charge in [-0.3, -0.25) is 0 Å². The Bertz CT molecular complexity index is 1130. The van der Waals surface area contributed by atoms with Crippen LogP contribution in [0.1, 0.15) is 10.4 Å². The molecular weight excluding hydrogens is 386 g/mol. The summed E-state index contributed by atoms with van der Waals surface area (Å²) in [6.07, 6.45) is 0. The van der Waals surface area contributed by atoms with E-state index in [1.807, 2.05) is 54.6 Å². The van der Waals surface area contributed by atoms with Crippen LogP contribution in [0.5, 0.6) is 5.75 Å². The number of nitrogens with zero attached hydrogens (tertiary/aromatic N) is 1. The Balaban J connectivity index is 1.51. The summed E-state index contributed by atoms with van der Waals surface area (Å²) in [5.74, 6) is 0.270. The van der Waals surface area contributed by atoms with Crippen LogP contribution in [0.15, 0.2) is 84.9 Å². The van der Waals surface area contributed by atoms with Crippen LogP contribution in [-0.2, 0) is 4.74 Å². The van der Waals surface area contributed by atoms with Gasteiger partial charge in [0, 0.05) is 16.0 Å².